The maximum absolute atomic E-state index is 14.2. The molecular weight excluding hydrogens is 1180 g/mol. The molecule has 3 fully saturated rings. The van der Waals surface area contributed by atoms with Crippen molar-refractivity contribution in [3.8, 4) is 0 Å². The number of halogens is 1. The predicted molar refractivity (Wildman–Crippen MR) is 254 cm³/mol. The van der Waals surface area contributed by atoms with Crippen LogP contribution in [-0.4, -0.2) is 176 Å². The number of alkyl halides is 1. The van der Waals surface area contributed by atoms with E-state index in [1.165, 1.54) is 17.9 Å². The third-order valence-electron chi connectivity index (χ3n) is 12.4. The number of rotatable bonds is 24. The number of aliphatic hydroxyl groups is 3. The van der Waals surface area contributed by atoms with Crippen molar-refractivity contribution in [2.45, 2.75) is 73.5 Å². The number of hydrogen-bond acceptors (Lipinski definition) is 28. The molecule has 79 heavy (non-hydrogen) atoms. The number of phosphoric ester groups is 2. The second-order valence-corrected chi connectivity index (χ2v) is 26.1. The largest absolute Gasteiger partial charge is 0.778 e. The molecular formula is C35H50FN13O25P4S. The number of nitrogens with two attached hydrogens (primary N) is 2. The van der Waals surface area contributed by atoms with Crippen LogP contribution in [0.25, 0.3) is 22.3 Å². The molecule has 0 bridgehead atoms. The quantitative estimate of drug-likeness (QED) is 0.0204. The van der Waals surface area contributed by atoms with E-state index < -0.39 is 176 Å². The normalized spacial score (nSPS) is 29.6. The van der Waals surface area contributed by atoms with Gasteiger partial charge in [0, 0.05) is 31.8 Å². The van der Waals surface area contributed by atoms with Gasteiger partial charge < -0.3 is 74.4 Å². The summed E-state index contributed by atoms with van der Waals surface area (Å²) in [6.07, 6.45) is -13.7. The SMILES string of the molecule is CO[C@@H]1[C@H](P(=O)([O-])OC[C@H]2O[C@@H](n3ccc(=O)[nH]c3=O)[C@H](O)[C@@H]2O)[C@@H](COP(=O)(O)OP(=O)(O)OP(=O)(O)OC[C@H]2O[C@@H](n3c[n+](C)c4c(=O)[nH]c(N)nc43)[C@H](O)[C@@H]2CNS(=O)(=O)CCCF)O[C@H]1n1cnc2c(N)ncnc21. The Morgan fingerprint density at radius 2 is 1.47 bits per heavy atom. The predicted octanol–water partition coefficient (Wildman–Crippen LogP) is -4.91. The Kier molecular flexibility index (Phi) is 17.8. The minimum Gasteiger partial charge on any atom is -0.778 e. The van der Waals surface area contributed by atoms with E-state index in [4.69, 9.17) is 44.0 Å². The number of aromatic nitrogens is 10. The summed E-state index contributed by atoms with van der Waals surface area (Å²) in [7, 11) is -25.8. The number of imidazole rings is 2. The van der Waals surface area contributed by atoms with Crippen molar-refractivity contribution in [1.82, 2.24) is 48.3 Å². The van der Waals surface area contributed by atoms with Gasteiger partial charge in [0.05, 0.1) is 63.5 Å². The molecule has 8 heterocycles. The van der Waals surface area contributed by atoms with E-state index in [9.17, 15) is 80.3 Å². The molecule has 5 aromatic heterocycles. The smallest absolute Gasteiger partial charge is 0.490 e. The number of nitrogen functional groups attached to an aromatic ring is 2. The second kappa shape index (κ2) is 23.3. The lowest BCUT2D eigenvalue weighted by atomic mass is 9.98. The first-order chi connectivity index (χ1) is 37.0. The lowest BCUT2D eigenvalue weighted by Crippen LogP contribution is -2.40. The first kappa shape index (κ1) is 60.4. The summed E-state index contributed by atoms with van der Waals surface area (Å²) in [5, 5.41) is 32.9. The van der Waals surface area contributed by atoms with E-state index in [-0.39, 0.29) is 34.1 Å². The van der Waals surface area contributed by atoms with Crippen LogP contribution in [0.2, 0.25) is 0 Å². The molecule has 44 heteroatoms. The van der Waals surface area contributed by atoms with E-state index in [1.54, 1.807) is 0 Å². The molecule has 3 saturated heterocycles. The fourth-order valence-electron chi connectivity index (χ4n) is 8.85. The highest BCUT2D eigenvalue weighted by Crippen LogP contribution is 2.68. The zero-order chi connectivity index (χ0) is 57.7. The third kappa shape index (κ3) is 13.2. The summed E-state index contributed by atoms with van der Waals surface area (Å²) in [4.78, 5) is 103. The van der Waals surface area contributed by atoms with Gasteiger partial charge in [0.15, 0.2) is 23.9 Å². The molecule has 0 aliphatic carbocycles. The van der Waals surface area contributed by atoms with Crippen LogP contribution in [0.15, 0.2) is 45.6 Å². The Morgan fingerprint density at radius 3 is 2.13 bits per heavy atom. The van der Waals surface area contributed by atoms with E-state index in [0.29, 0.717) is 4.57 Å². The van der Waals surface area contributed by atoms with Crippen molar-refractivity contribution in [3.63, 3.8) is 0 Å². The lowest BCUT2D eigenvalue weighted by molar-refractivity contribution is -0.646. The molecule has 4 unspecified atom stereocenters. The molecule has 5 aromatic rings. The van der Waals surface area contributed by atoms with Crippen LogP contribution in [0.4, 0.5) is 16.2 Å². The number of nitrogens with zero attached hydrogens (tertiary/aromatic N) is 8. The summed E-state index contributed by atoms with van der Waals surface area (Å²) < 4.78 is 145. The molecule has 0 radical (unpaired) electrons. The molecule has 13 N–H and O–H groups in total. The molecule has 0 aromatic carbocycles. The Labute approximate surface area is 440 Å². The van der Waals surface area contributed by atoms with Gasteiger partial charge in [0.25, 0.3) is 16.7 Å². The molecule has 38 nitrogen and oxygen atoms in total. The van der Waals surface area contributed by atoms with Crippen LogP contribution in [-0.2, 0) is 76.5 Å². The van der Waals surface area contributed by atoms with Crippen LogP contribution in [0.3, 0.4) is 0 Å². The number of aromatic amines is 2. The van der Waals surface area contributed by atoms with Crippen LogP contribution in [0.1, 0.15) is 25.1 Å². The summed E-state index contributed by atoms with van der Waals surface area (Å²) in [6.45, 7) is -5.38. The lowest BCUT2D eigenvalue weighted by Gasteiger charge is -2.35. The number of aliphatic hydroxyl groups excluding tert-OH is 3. The van der Waals surface area contributed by atoms with Crippen LogP contribution in [0.5, 0.6) is 0 Å². The Balaban J connectivity index is 0.970. The first-order valence-electron chi connectivity index (χ1n) is 22.7. The van der Waals surface area contributed by atoms with Gasteiger partial charge in [-0.05, 0) is 6.42 Å². The molecule has 3 aliphatic rings. The third-order valence-corrected chi connectivity index (χ3v) is 19.9. The number of H-pyrrole nitrogens is 2. The van der Waals surface area contributed by atoms with E-state index in [2.05, 4.69) is 38.3 Å². The average Bonchev–Trinajstić information content (AvgIpc) is 4.34. The van der Waals surface area contributed by atoms with E-state index in [1.807, 2.05) is 4.98 Å². The topological polar surface area (TPSA) is 547 Å². The fraction of sp³-hybridized carbons (Fsp3) is 0.600. The van der Waals surface area contributed by atoms with Crippen molar-refractivity contribution in [2.75, 3.05) is 57.4 Å². The number of methoxy groups -OCH3 is 1. The maximum Gasteiger partial charge on any atom is 0.490 e. The van der Waals surface area contributed by atoms with Gasteiger partial charge in [0.1, 0.15) is 50.0 Å². The molecule has 0 saturated carbocycles. The van der Waals surface area contributed by atoms with Gasteiger partial charge in [-0.3, -0.25) is 42.1 Å². The molecule has 8 rings (SSSR count). The first-order valence-corrected chi connectivity index (χ1v) is 30.4. The van der Waals surface area contributed by atoms with Crippen LogP contribution < -0.4 is 42.5 Å². The van der Waals surface area contributed by atoms with Gasteiger partial charge >= 0.3 is 34.7 Å². The number of hydrogen-bond donors (Lipinski definition) is 11. The van der Waals surface area contributed by atoms with Gasteiger partial charge in [-0.15, -0.1) is 0 Å². The molecule has 16 atom stereocenters. The average molecular weight is 1230 g/mol. The summed E-state index contributed by atoms with van der Waals surface area (Å²) in [6, 6.07) is 0.900. The van der Waals surface area contributed by atoms with Crippen molar-refractivity contribution in [2.24, 2.45) is 13.0 Å². The van der Waals surface area contributed by atoms with E-state index >= 15 is 0 Å². The minimum absolute atomic E-state index is 0.00776. The monoisotopic (exact) mass is 1230 g/mol. The molecule has 438 valence electrons. The Morgan fingerprint density at radius 1 is 0.835 bits per heavy atom. The standard InChI is InChI=1S/C35H50FN13O25P4S/c1-46-14-49(29-21(46)30(54)45-34(38)44-29)31-22(51)15(8-42-79(64,65)7-3-5-36)16(70-31)9-68-76(58,59)73-78(62,63)74-77(60,61)69-11-18-26(25(66-2)33(72-18)48-13-41-20-27(37)39-12-40-28(20)48)75(56,57)67-10-17-23(52)24(53)32(71-17)47-6-4-19(50)43-35(47)55/h4,6,12-18,22-26,31-33,42,51-53H,3,5,7-11H2,1-2H3,(H9-,37,38,39,40,43,44,45,50,54,55,56,57,58,59,60,61,62,63)/t15-,16-,17-,18-,22-,23-,24-,25-,26-,31-,32-,33-/m1/s1. The molecule has 3 aliphatic heterocycles. The Bertz CT molecular complexity index is 3570. The van der Waals surface area contributed by atoms with Crippen LogP contribution in [0, 0.1) is 5.92 Å². The number of ether oxygens (including phenoxy) is 4. The van der Waals surface area contributed by atoms with Crippen molar-refractivity contribution < 1.29 is 112 Å². The highest BCUT2D eigenvalue weighted by Gasteiger charge is 2.55. The number of aryl methyl sites for hydroxylation is 1. The highest BCUT2D eigenvalue weighted by molar-refractivity contribution is 7.89. The van der Waals surface area contributed by atoms with Crippen molar-refractivity contribution in [1.29, 1.82) is 0 Å². The van der Waals surface area contributed by atoms with Gasteiger partial charge in [0.2, 0.25) is 28.5 Å². The zero-order valence-electron chi connectivity index (χ0n) is 40.5. The number of nitrogens with one attached hydrogen (secondary N) is 3. The fourth-order valence-corrected chi connectivity index (χ4v) is 15.2. The molecule has 0 spiro atoms. The van der Waals surface area contributed by atoms with Gasteiger partial charge in [-0.2, -0.15) is 18.2 Å². The van der Waals surface area contributed by atoms with Crippen LogP contribution >= 0.6 is 31.1 Å². The highest BCUT2D eigenvalue weighted by atomic mass is 32.2. The van der Waals surface area contributed by atoms with Crippen molar-refractivity contribution >= 4 is 75.2 Å². The summed E-state index contributed by atoms with van der Waals surface area (Å²) in [5.41, 5.74) is 6.61. The number of fused-ring (bicyclic) bond motifs is 2. The summed E-state index contributed by atoms with van der Waals surface area (Å²) in [5.74, 6) is -2.63. The zero-order valence-corrected chi connectivity index (χ0v) is 44.9. The van der Waals surface area contributed by atoms with Gasteiger partial charge in [-0.1, -0.05) is 0 Å². The van der Waals surface area contributed by atoms with E-state index in [0.717, 1.165) is 41.2 Å². The second-order valence-electron chi connectivity index (χ2n) is 17.6. The maximum atomic E-state index is 14.2. The van der Waals surface area contributed by atoms with Gasteiger partial charge in [-0.25, -0.2) is 51.1 Å². The number of sulfonamides is 1. The molecule has 0 amide bonds. The Hall–Kier alpha value is -4.70. The summed E-state index contributed by atoms with van der Waals surface area (Å²) >= 11 is 0. The van der Waals surface area contributed by atoms with Crippen molar-refractivity contribution in [3.05, 3.63) is 62.4 Å². The minimum atomic E-state index is -6.33. The number of anilines is 2. The number of phosphoric acid groups is 3.